The molecule has 0 spiro atoms. The first-order valence-corrected chi connectivity index (χ1v) is 10.8. The van der Waals surface area contributed by atoms with Crippen LogP contribution in [0.15, 0.2) is 35.4 Å². The fourth-order valence-electron chi connectivity index (χ4n) is 3.85. The number of amides is 1. The molecule has 7 heteroatoms. The Hall–Kier alpha value is -2.51. The molecule has 1 amide bonds. The zero-order valence-electron chi connectivity index (χ0n) is 16.6. The molecule has 1 aliphatic rings. The van der Waals surface area contributed by atoms with Gasteiger partial charge in [0.2, 0.25) is 5.91 Å². The van der Waals surface area contributed by atoms with Gasteiger partial charge in [-0.2, -0.15) is 0 Å². The predicted octanol–water partition coefficient (Wildman–Crippen LogP) is 3.19. The van der Waals surface area contributed by atoms with Crippen LogP contribution in [-0.4, -0.2) is 22.6 Å². The van der Waals surface area contributed by atoms with E-state index < -0.39 is 0 Å². The molecule has 2 heterocycles. The fourth-order valence-corrected chi connectivity index (χ4v) is 5.07. The lowest BCUT2D eigenvalue weighted by molar-refractivity contribution is -0.121. The van der Waals surface area contributed by atoms with Gasteiger partial charge in [-0.25, -0.2) is 4.98 Å². The van der Waals surface area contributed by atoms with E-state index in [0.717, 1.165) is 40.6 Å². The normalized spacial score (nSPS) is 13.4. The molecular formula is C22H25N3O3S. The van der Waals surface area contributed by atoms with Gasteiger partial charge in [0.15, 0.2) is 0 Å². The van der Waals surface area contributed by atoms with Crippen LogP contribution in [-0.2, 0) is 42.1 Å². The summed E-state index contributed by atoms with van der Waals surface area (Å²) >= 11 is 1.64. The number of carbonyl (C=O) groups excluding carboxylic acids is 1. The molecular weight excluding hydrogens is 386 g/mol. The minimum Gasteiger partial charge on any atom is -0.380 e. The number of nitrogens with zero attached hydrogens (tertiary/aromatic N) is 2. The summed E-state index contributed by atoms with van der Waals surface area (Å²) < 4.78 is 6.71. The minimum atomic E-state index is -0.0820. The average Bonchev–Trinajstić information content (AvgIpc) is 3.12. The molecule has 0 aliphatic heterocycles. The van der Waals surface area contributed by atoms with Gasteiger partial charge in [-0.05, 0) is 42.4 Å². The summed E-state index contributed by atoms with van der Waals surface area (Å²) in [6.07, 6.45) is 6.14. The van der Waals surface area contributed by atoms with Gasteiger partial charge in [-0.1, -0.05) is 24.3 Å². The number of aromatic nitrogens is 2. The highest BCUT2D eigenvalue weighted by molar-refractivity contribution is 7.18. The Balaban J connectivity index is 1.39. The number of ether oxygens (including phenoxy) is 1. The van der Waals surface area contributed by atoms with Crippen molar-refractivity contribution in [3.63, 3.8) is 0 Å². The quantitative estimate of drug-likeness (QED) is 0.648. The summed E-state index contributed by atoms with van der Waals surface area (Å²) in [6.45, 7) is 1.34. The van der Waals surface area contributed by atoms with Crippen LogP contribution in [0.5, 0.6) is 0 Å². The maximum atomic E-state index is 12.9. The maximum absolute atomic E-state index is 12.9. The van der Waals surface area contributed by atoms with Gasteiger partial charge in [0.1, 0.15) is 4.83 Å². The van der Waals surface area contributed by atoms with Crippen LogP contribution in [0.3, 0.4) is 0 Å². The number of hydrogen-bond acceptors (Lipinski definition) is 5. The van der Waals surface area contributed by atoms with E-state index in [1.54, 1.807) is 29.3 Å². The highest BCUT2D eigenvalue weighted by atomic mass is 32.1. The first kappa shape index (κ1) is 19.8. The topological polar surface area (TPSA) is 73.2 Å². The highest BCUT2D eigenvalue weighted by Gasteiger charge is 2.20. The van der Waals surface area contributed by atoms with Crippen LogP contribution < -0.4 is 10.9 Å². The number of benzene rings is 1. The minimum absolute atomic E-state index is 0.0190. The number of hydrogen-bond donors (Lipinski definition) is 1. The van der Waals surface area contributed by atoms with Crippen molar-refractivity contribution in [2.24, 2.45) is 0 Å². The van der Waals surface area contributed by atoms with Crippen molar-refractivity contribution >= 4 is 27.5 Å². The SMILES string of the molecule is COCc1cccc(CNC(=O)CCn2cnc3sc4c(c3c2=O)CCCC4)c1. The summed E-state index contributed by atoms with van der Waals surface area (Å²) in [4.78, 5) is 31.8. The van der Waals surface area contributed by atoms with Gasteiger partial charge < -0.3 is 10.1 Å². The number of thiophene rings is 1. The van der Waals surface area contributed by atoms with E-state index in [-0.39, 0.29) is 17.9 Å². The predicted molar refractivity (Wildman–Crippen MR) is 114 cm³/mol. The van der Waals surface area contributed by atoms with E-state index in [9.17, 15) is 9.59 Å². The summed E-state index contributed by atoms with van der Waals surface area (Å²) in [5.74, 6) is -0.0820. The number of fused-ring (bicyclic) bond motifs is 3. The molecule has 0 fully saturated rings. The second-order valence-corrected chi connectivity index (χ2v) is 8.50. The van der Waals surface area contributed by atoms with Crippen molar-refractivity contribution in [3.05, 3.63) is 62.5 Å². The number of nitrogens with one attached hydrogen (secondary N) is 1. The highest BCUT2D eigenvalue weighted by Crippen LogP contribution is 2.33. The Morgan fingerprint density at radius 3 is 2.97 bits per heavy atom. The van der Waals surface area contributed by atoms with Crippen molar-refractivity contribution in [2.45, 2.75) is 51.8 Å². The number of aryl methyl sites for hydroxylation is 3. The molecule has 3 aromatic rings. The van der Waals surface area contributed by atoms with Crippen LogP contribution in [0.2, 0.25) is 0 Å². The lowest BCUT2D eigenvalue weighted by Crippen LogP contribution is -2.27. The third kappa shape index (κ3) is 4.41. The molecule has 0 unspecified atom stereocenters. The standard InChI is InChI=1S/C22H25N3O3S/c1-28-13-16-6-4-5-15(11-16)12-23-19(26)9-10-25-14-24-21-20(22(25)27)17-7-2-3-8-18(17)29-21/h4-6,11,14H,2-3,7-10,12-13H2,1H3,(H,23,26). The Kier molecular flexibility index (Phi) is 6.06. The lowest BCUT2D eigenvalue weighted by Gasteiger charge is -2.11. The fraction of sp³-hybridized carbons (Fsp3) is 0.409. The average molecular weight is 412 g/mol. The van der Waals surface area contributed by atoms with E-state index in [4.69, 9.17) is 4.74 Å². The number of carbonyl (C=O) groups is 1. The van der Waals surface area contributed by atoms with Gasteiger partial charge in [0.25, 0.3) is 5.56 Å². The van der Waals surface area contributed by atoms with Crippen molar-refractivity contribution in [3.8, 4) is 0 Å². The molecule has 0 atom stereocenters. The van der Waals surface area contributed by atoms with Gasteiger partial charge in [0.05, 0.1) is 18.3 Å². The molecule has 1 aromatic carbocycles. The first-order valence-electron chi connectivity index (χ1n) is 9.99. The first-order chi connectivity index (χ1) is 14.2. The zero-order chi connectivity index (χ0) is 20.2. The van der Waals surface area contributed by atoms with E-state index in [0.29, 0.717) is 19.7 Å². The van der Waals surface area contributed by atoms with E-state index >= 15 is 0 Å². The van der Waals surface area contributed by atoms with Crippen molar-refractivity contribution in [2.75, 3.05) is 7.11 Å². The maximum Gasteiger partial charge on any atom is 0.262 e. The second-order valence-electron chi connectivity index (χ2n) is 7.41. The summed E-state index contributed by atoms with van der Waals surface area (Å²) in [5.41, 5.74) is 3.26. The monoisotopic (exact) mass is 411 g/mol. The van der Waals surface area contributed by atoms with E-state index in [1.807, 2.05) is 24.3 Å². The van der Waals surface area contributed by atoms with Gasteiger partial charge >= 0.3 is 0 Å². The van der Waals surface area contributed by atoms with Crippen molar-refractivity contribution in [1.82, 2.24) is 14.9 Å². The molecule has 1 N–H and O–H groups in total. The number of rotatable bonds is 7. The van der Waals surface area contributed by atoms with E-state index in [2.05, 4.69) is 10.3 Å². The summed E-state index contributed by atoms with van der Waals surface area (Å²) in [7, 11) is 1.66. The molecule has 0 saturated carbocycles. The largest absolute Gasteiger partial charge is 0.380 e. The smallest absolute Gasteiger partial charge is 0.262 e. The molecule has 152 valence electrons. The van der Waals surface area contributed by atoms with Gasteiger partial charge in [-0.15, -0.1) is 11.3 Å². The van der Waals surface area contributed by atoms with Crippen molar-refractivity contribution < 1.29 is 9.53 Å². The second kappa shape index (κ2) is 8.88. The molecule has 0 radical (unpaired) electrons. The lowest BCUT2D eigenvalue weighted by atomic mass is 9.97. The van der Waals surface area contributed by atoms with Gasteiger partial charge in [0, 0.05) is 31.5 Å². The van der Waals surface area contributed by atoms with Crippen LogP contribution in [0.4, 0.5) is 0 Å². The third-order valence-electron chi connectivity index (χ3n) is 5.31. The van der Waals surface area contributed by atoms with Crippen molar-refractivity contribution in [1.29, 1.82) is 0 Å². The Morgan fingerprint density at radius 1 is 1.28 bits per heavy atom. The molecule has 2 aromatic heterocycles. The number of methoxy groups -OCH3 is 1. The zero-order valence-corrected chi connectivity index (χ0v) is 17.4. The van der Waals surface area contributed by atoms with Crippen LogP contribution >= 0.6 is 11.3 Å². The Bertz CT molecular complexity index is 1090. The summed E-state index contributed by atoms with van der Waals surface area (Å²) in [6, 6.07) is 7.94. The molecule has 6 nitrogen and oxygen atoms in total. The van der Waals surface area contributed by atoms with Crippen LogP contribution in [0.1, 0.15) is 40.8 Å². The Labute approximate surface area is 173 Å². The van der Waals surface area contributed by atoms with E-state index in [1.165, 1.54) is 16.9 Å². The third-order valence-corrected chi connectivity index (χ3v) is 6.51. The van der Waals surface area contributed by atoms with Crippen LogP contribution in [0.25, 0.3) is 10.2 Å². The van der Waals surface area contributed by atoms with Crippen LogP contribution in [0, 0.1) is 0 Å². The summed E-state index contributed by atoms with van der Waals surface area (Å²) in [5, 5.41) is 3.69. The molecule has 0 bridgehead atoms. The Morgan fingerprint density at radius 2 is 2.10 bits per heavy atom. The van der Waals surface area contributed by atoms with Gasteiger partial charge in [-0.3, -0.25) is 14.2 Å². The molecule has 0 saturated heterocycles. The molecule has 1 aliphatic carbocycles. The molecule has 4 rings (SSSR count). The molecule has 29 heavy (non-hydrogen) atoms.